The quantitative estimate of drug-likeness (QED) is 0.393. The van der Waals surface area contributed by atoms with Crippen molar-refractivity contribution >= 4 is 21.8 Å². The van der Waals surface area contributed by atoms with E-state index in [-0.39, 0.29) is 30.0 Å². The monoisotopic (exact) mass is 507 g/mol. The van der Waals surface area contributed by atoms with Crippen LogP contribution in [0.3, 0.4) is 0 Å². The number of hydrogen-bond donors (Lipinski definition) is 3. The Bertz CT molecular complexity index is 1000. The number of carbonyl (C=O) groups is 1. The molecular formula is C25H37N3O6S. The molecule has 1 fully saturated rings. The first kappa shape index (κ1) is 27.2. The number of carbonyl (C=O) groups excluding carboxylic acids is 1. The van der Waals surface area contributed by atoms with Crippen molar-refractivity contribution in [1.29, 1.82) is 0 Å². The summed E-state index contributed by atoms with van der Waals surface area (Å²) in [5.41, 5.74) is 7.25. The fraction of sp³-hybridized carbons (Fsp3) is 0.560. The lowest BCUT2D eigenvalue weighted by atomic mass is 9.95. The molecule has 0 spiro atoms. The predicted octanol–water partition coefficient (Wildman–Crippen LogP) is 2.83. The summed E-state index contributed by atoms with van der Waals surface area (Å²) in [5, 5.41) is 14.0. The molecule has 1 heterocycles. The van der Waals surface area contributed by atoms with Gasteiger partial charge in [-0.3, -0.25) is 0 Å². The van der Waals surface area contributed by atoms with Crippen molar-refractivity contribution in [1.82, 2.24) is 9.62 Å². The largest absolute Gasteiger partial charge is 0.444 e. The summed E-state index contributed by atoms with van der Waals surface area (Å²) in [4.78, 5) is 12.7. The molecule has 4 N–H and O–H groups in total. The molecule has 0 saturated carbocycles. The zero-order valence-electron chi connectivity index (χ0n) is 20.4. The molecule has 10 heteroatoms. The van der Waals surface area contributed by atoms with E-state index in [1.54, 1.807) is 0 Å². The fourth-order valence-electron chi connectivity index (χ4n) is 4.13. The molecule has 2 aliphatic rings. The number of sulfonamides is 1. The molecule has 1 aliphatic carbocycles. The number of amides is 1. The van der Waals surface area contributed by atoms with Crippen molar-refractivity contribution in [3.63, 3.8) is 0 Å². The van der Waals surface area contributed by atoms with Crippen molar-refractivity contribution in [3.8, 4) is 0 Å². The fourth-order valence-corrected chi connectivity index (χ4v) is 5.76. The Morgan fingerprint density at radius 3 is 2.63 bits per heavy atom. The van der Waals surface area contributed by atoms with Crippen LogP contribution in [0, 0.1) is 5.92 Å². The average Bonchev–Trinajstić information content (AvgIpc) is 3.31. The third-order valence-corrected chi connectivity index (χ3v) is 7.83. The first-order chi connectivity index (χ1) is 16.6. The Morgan fingerprint density at radius 2 is 2.03 bits per heavy atom. The van der Waals surface area contributed by atoms with Gasteiger partial charge < -0.3 is 25.6 Å². The van der Waals surface area contributed by atoms with Gasteiger partial charge in [-0.2, -0.15) is 4.31 Å². The molecule has 3 rings (SSSR count). The minimum atomic E-state index is -3.89. The lowest BCUT2D eigenvalue weighted by Gasteiger charge is -2.31. The number of benzene rings is 1. The third kappa shape index (κ3) is 8.06. The topological polar surface area (TPSA) is 131 Å². The van der Waals surface area contributed by atoms with Gasteiger partial charge in [0.2, 0.25) is 10.0 Å². The number of nitrogens with one attached hydrogen (secondary N) is 1. The van der Waals surface area contributed by atoms with Gasteiger partial charge >= 0.3 is 6.09 Å². The standard InChI is InChI=1S/C25H37N3O6S/c1-18(2)15-28(35(31,32)22-10-8-20(26)9-11-22)16-24(29)23(14-19-6-4-3-5-7-19)27-25(30)34-21-12-13-33-17-21/h3-4,6,8-11,18,21,23-24,29H,5,7,12-17,26H2,1-2H3,(H,27,30). The van der Waals surface area contributed by atoms with Crippen LogP contribution in [0.25, 0.3) is 0 Å². The van der Waals surface area contributed by atoms with E-state index in [0.717, 1.165) is 18.4 Å². The summed E-state index contributed by atoms with van der Waals surface area (Å²) in [6, 6.07) is 5.26. The summed E-state index contributed by atoms with van der Waals surface area (Å²) in [7, 11) is -3.89. The van der Waals surface area contributed by atoms with E-state index < -0.39 is 28.3 Å². The lowest BCUT2D eigenvalue weighted by Crippen LogP contribution is -2.50. The normalized spacial score (nSPS) is 20.0. The minimum Gasteiger partial charge on any atom is -0.444 e. The molecule has 3 atom stereocenters. The summed E-state index contributed by atoms with van der Waals surface area (Å²) in [6.45, 7) is 4.74. The summed E-state index contributed by atoms with van der Waals surface area (Å²) >= 11 is 0. The smallest absolute Gasteiger partial charge is 0.407 e. The van der Waals surface area contributed by atoms with Crippen LogP contribution in [-0.4, -0.2) is 68.5 Å². The molecule has 194 valence electrons. The zero-order chi connectivity index (χ0) is 25.4. The molecular weight excluding hydrogens is 470 g/mol. The highest BCUT2D eigenvalue weighted by molar-refractivity contribution is 7.89. The Labute approximate surface area is 208 Å². The van der Waals surface area contributed by atoms with Crippen LogP contribution in [-0.2, 0) is 19.5 Å². The molecule has 3 unspecified atom stereocenters. The zero-order valence-corrected chi connectivity index (χ0v) is 21.2. The molecule has 1 aromatic rings. The number of aliphatic hydroxyl groups is 1. The second kappa shape index (κ2) is 12.5. The van der Waals surface area contributed by atoms with Crippen molar-refractivity contribution in [2.45, 2.75) is 62.7 Å². The maximum absolute atomic E-state index is 13.4. The van der Waals surface area contributed by atoms with Crippen molar-refractivity contribution in [2.24, 2.45) is 5.92 Å². The maximum atomic E-state index is 13.4. The third-order valence-electron chi connectivity index (χ3n) is 5.99. The highest BCUT2D eigenvalue weighted by Crippen LogP contribution is 2.23. The molecule has 1 saturated heterocycles. The summed E-state index contributed by atoms with van der Waals surface area (Å²) in [5.74, 6) is 0.0238. The molecule has 0 aromatic heterocycles. The number of alkyl carbamates (subject to hydrolysis) is 1. The van der Waals surface area contributed by atoms with E-state index in [0.29, 0.717) is 31.7 Å². The van der Waals surface area contributed by atoms with Crippen LogP contribution in [0.1, 0.15) is 39.5 Å². The van der Waals surface area contributed by atoms with Gasteiger partial charge in [0.15, 0.2) is 0 Å². The summed E-state index contributed by atoms with van der Waals surface area (Å²) in [6.07, 6.45) is 6.55. The van der Waals surface area contributed by atoms with Gasteiger partial charge in [-0.05, 0) is 49.4 Å². The molecule has 0 radical (unpaired) electrons. The Morgan fingerprint density at radius 1 is 1.29 bits per heavy atom. The van der Waals surface area contributed by atoms with E-state index >= 15 is 0 Å². The van der Waals surface area contributed by atoms with Crippen molar-refractivity contribution in [3.05, 3.63) is 48.1 Å². The number of aliphatic hydroxyl groups excluding tert-OH is 1. The number of anilines is 1. The SMILES string of the molecule is CC(C)CN(CC(O)C(CC1=CC=CCC1)NC(=O)OC1CCOC1)S(=O)(=O)c1ccc(N)cc1. The van der Waals surface area contributed by atoms with Crippen molar-refractivity contribution in [2.75, 3.05) is 32.0 Å². The van der Waals surface area contributed by atoms with Gasteiger partial charge in [0.25, 0.3) is 0 Å². The minimum absolute atomic E-state index is 0.0238. The van der Waals surface area contributed by atoms with E-state index in [9.17, 15) is 18.3 Å². The highest BCUT2D eigenvalue weighted by atomic mass is 32.2. The van der Waals surface area contributed by atoms with Gasteiger partial charge in [-0.1, -0.05) is 37.6 Å². The van der Waals surface area contributed by atoms with Gasteiger partial charge in [0, 0.05) is 25.2 Å². The van der Waals surface area contributed by atoms with Gasteiger partial charge in [-0.15, -0.1) is 0 Å². The second-order valence-corrected chi connectivity index (χ2v) is 11.4. The number of nitrogens with zero attached hydrogens (tertiary/aromatic N) is 1. The Balaban J connectivity index is 1.78. The molecule has 9 nitrogen and oxygen atoms in total. The number of nitrogens with two attached hydrogens (primary N) is 1. The molecule has 35 heavy (non-hydrogen) atoms. The molecule has 1 aliphatic heterocycles. The number of ether oxygens (including phenoxy) is 2. The number of rotatable bonds is 11. The van der Waals surface area contributed by atoms with Gasteiger partial charge in [0.05, 0.1) is 30.3 Å². The number of allylic oxidation sites excluding steroid dienone is 3. The first-order valence-electron chi connectivity index (χ1n) is 12.1. The van der Waals surface area contributed by atoms with Crippen LogP contribution in [0.15, 0.2) is 53.0 Å². The Hall–Kier alpha value is -2.40. The van der Waals surface area contributed by atoms with E-state index in [1.807, 2.05) is 26.0 Å². The van der Waals surface area contributed by atoms with Crippen LogP contribution < -0.4 is 11.1 Å². The van der Waals surface area contributed by atoms with E-state index in [1.165, 1.54) is 28.6 Å². The highest BCUT2D eigenvalue weighted by Gasteiger charge is 2.32. The summed E-state index contributed by atoms with van der Waals surface area (Å²) < 4.78 is 38.8. The van der Waals surface area contributed by atoms with Crippen LogP contribution >= 0.6 is 0 Å². The first-order valence-corrected chi connectivity index (χ1v) is 13.5. The van der Waals surface area contributed by atoms with Crippen molar-refractivity contribution < 1.29 is 27.8 Å². The van der Waals surface area contributed by atoms with E-state index in [2.05, 4.69) is 11.4 Å². The molecule has 0 bridgehead atoms. The number of nitrogen functional groups attached to an aromatic ring is 1. The lowest BCUT2D eigenvalue weighted by molar-refractivity contribution is 0.0642. The van der Waals surface area contributed by atoms with Crippen LogP contribution in [0.4, 0.5) is 10.5 Å². The molecule has 1 aromatic carbocycles. The Kier molecular flexibility index (Phi) is 9.73. The van der Waals surface area contributed by atoms with Crippen LogP contribution in [0.2, 0.25) is 0 Å². The maximum Gasteiger partial charge on any atom is 0.407 e. The van der Waals surface area contributed by atoms with Crippen LogP contribution in [0.5, 0.6) is 0 Å². The predicted molar refractivity (Wildman–Crippen MR) is 134 cm³/mol. The van der Waals surface area contributed by atoms with E-state index in [4.69, 9.17) is 15.2 Å². The molecule has 1 amide bonds. The van der Waals surface area contributed by atoms with Gasteiger partial charge in [-0.25, -0.2) is 13.2 Å². The second-order valence-electron chi connectivity index (χ2n) is 9.49. The number of hydrogen-bond acceptors (Lipinski definition) is 7. The average molecular weight is 508 g/mol. The van der Waals surface area contributed by atoms with Gasteiger partial charge in [0.1, 0.15) is 6.10 Å².